The minimum Gasteiger partial charge on any atom is -0.484 e. The van der Waals surface area contributed by atoms with E-state index in [-0.39, 0.29) is 12.5 Å². The summed E-state index contributed by atoms with van der Waals surface area (Å²) in [6.45, 7) is 8.23. The summed E-state index contributed by atoms with van der Waals surface area (Å²) in [6.07, 6.45) is 2.03. The van der Waals surface area contributed by atoms with E-state index >= 15 is 0 Å². The first-order chi connectivity index (χ1) is 10.9. The first-order valence-corrected chi connectivity index (χ1v) is 8.23. The number of carbonyl (C=O) groups excluding carboxylic acids is 1. The van der Waals surface area contributed by atoms with Crippen LogP contribution in [0.15, 0.2) is 24.3 Å². The average molecular weight is 335 g/mol. The van der Waals surface area contributed by atoms with Gasteiger partial charge in [0, 0.05) is 10.7 Å². The molecule has 0 aliphatic carbocycles. The number of hydrogen-bond donors (Lipinski definition) is 0. The highest BCUT2D eigenvalue weighted by Crippen LogP contribution is 2.18. The third kappa shape index (κ3) is 4.58. The summed E-state index contributed by atoms with van der Waals surface area (Å²) in [7, 11) is 0. The quantitative estimate of drug-likeness (QED) is 0.783. The van der Waals surface area contributed by atoms with Crippen molar-refractivity contribution < 1.29 is 9.53 Å². The van der Waals surface area contributed by atoms with Crippen LogP contribution in [0.5, 0.6) is 5.75 Å². The van der Waals surface area contributed by atoms with Gasteiger partial charge in [-0.05, 0) is 62.4 Å². The van der Waals surface area contributed by atoms with Crippen LogP contribution in [-0.4, -0.2) is 22.3 Å². The second-order valence-electron chi connectivity index (χ2n) is 6.13. The lowest BCUT2D eigenvalue weighted by Crippen LogP contribution is -2.21. The van der Waals surface area contributed by atoms with Crippen LogP contribution in [-0.2, 0) is 6.42 Å². The van der Waals surface area contributed by atoms with Gasteiger partial charge in [-0.3, -0.25) is 4.79 Å². The van der Waals surface area contributed by atoms with Crippen LogP contribution >= 0.6 is 11.6 Å². The molecule has 2 aromatic rings. The summed E-state index contributed by atoms with van der Waals surface area (Å²) < 4.78 is 6.97. The van der Waals surface area contributed by atoms with E-state index in [2.05, 4.69) is 18.9 Å². The smallest absolute Gasteiger partial charge is 0.284 e. The molecule has 5 heteroatoms. The van der Waals surface area contributed by atoms with Gasteiger partial charge in [-0.2, -0.15) is 5.10 Å². The Morgan fingerprint density at radius 1 is 1.26 bits per heavy atom. The predicted octanol–water partition coefficient (Wildman–Crippen LogP) is 4.46. The molecule has 0 amide bonds. The number of benzene rings is 1. The van der Waals surface area contributed by atoms with E-state index in [0.717, 1.165) is 24.2 Å². The summed E-state index contributed by atoms with van der Waals surface area (Å²) in [6, 6.07) is 6.94. The number of aryl methyl sites for hydroxylation is 1. The number of aromatic nitrogens is 2. The molecule has 0 unspecified atom stereocenters. The van der Waals surface area contributed by atoms with Crippen LogP contribution in [0.2, 0.25) is 5.02 Å². The topological polar surface area (TPSA) is 44.1 Å². The fourth-order valence-corrected chi connectivity index (χ4v) is 2.58. The Hall–Kier alpha value is -1.81. The standard InChI is InChI=1S/C18H23ClN2O2/c1-12(2)5-10-17-13(3)20-21(14(17)4)18(22)11-23-16-8-6-15(19)7-9-16/h6-9,12H,5,10-11H2,1-4H3. The maximum Gasteiger partial charge on any atom is 0.284 e. The number of hydrogen-bond acceptors (Lipinski definition) is 3. The minimum atomic E-state index is -0.170. The molecule has 2 rings (SSSR count). The van der Waals surface area contributed by atoms with E-state index in [9.17, 15) is 4.79 Å². The van der Waals surface area contributed by atoms with Crippen LogP contribution in [0, 0.1) is 19.8 Å². The first kappa shape index (κ1) is 17.5. The predicted molar refractivity (Wildman–Crippen MR) is 92.4 cm³/mol. The number of halogens is 1. The molecule has 0 saturated heterocycles. The lowest BCUT2D eigenvalue weighted by molar-refractivity contribution is 0.0818. The molecule has 0 aliphatic heterocycles. The molecule has 0 fully saturated rings. The van der Waals surface area contributed by atoms with Crippen molar-refractivity contribution >= 4 is 17.5 Å². The minimum absolute atomic E-state index is 0.0484. The highest BCUT2D eigenvalue weighted by atomic mass is 35.5. The molecule has 0 atom stereocenters. The summed E-state index contributed by atoms with van der Waals surface area (Å²) in [4.78, 5) is 12.4. The van der Waals surface area contributed by atoms with E-state index in [1.54, 1.807) is 24.3 Å². The Bertz CT molecular complexity index is 675. The van der Waals surface area contributed by atoms with Gasteiger partial charge in [0.25, 0.3) is 5.91 Å². The monoisotopic (exact) mass is 334 g/mol. The Morgan fingerprint density at radius 2 is 1.91 bits per heavy atom. The fourth-order valence-electron chi connectivity index (χ4n) is 2.45. The Labute approximate surface area is 142 Å². The van der Waals surface area contributed by atoms with Crippen LogP contribution < -0.4 is 4.74 Å². The van der Waals surface area contributed by atoms with Gasteiger partial charge in [-0.15, -0.1) is 0 Å². The molecule has 0 bridgehead atoms. The normalized spacial score (nSPS) is 11.0. The molecule has 0 spiro atoms. The van der Waals surface area contributed by atoms with Crippen molar-refractivity contribution in [3.8, 4) is 5.75 Å². The lowest BCUT2D eigenvalue weighted by atomic mass is 10.0. The second kappa shape index (κ2) is 7.64. The molecule has 4 nitrogen and oxygen atoms in total. The molecular weight excluding hydrogens is 312 g/mol. The van der Waals surface area contributed by atoms with Crippen LogP contribution in [0.4, 0.5) is 0 Å². The zero-order valence-corrected chi connectivity index (χ0v) is 14.9. The highest BCUT2D eigenvalue weighted by Gasteiger charge is 2.17. The van der Waals surface area contributed by atoms with Gasteiger partial charge in [0.1, 0.15) is 5.75 Å². The third-order valence-corrected chi connectivity index (χ3v) is 4.08. The molecule has 124 valence electrons. The van der Waals surface area contributed by atoms with Crippen molar-refractivity contribution in [1.29, 1.82) is 0 Å². The average Bonchev–Trinajstić information content (AvgIpc) is 2.79. The zero-order valence-electron chi connectivity index (χ0n) is 14.1. The largest absolute Gasteiger partial charge is 0.484 e. The van der Waals surface area contributed by atoms with E-state index in [0.29, 0.717) is 16.7 Å². The molecule has 1 aromatic heterocycles. The Kier molecular flexibility index (Phi) is 5.83. The molecule has 1 heterocycles. The van der Waals surface area contributed by atoms with Crippen LogP contribution in [0.3, 0.4) is 0 Å². The Morgan fingerprint density at radius 3 is 2.52 bits per heavy atom. The molecule has 0 saturated carbocycles. The fraction of sp³-hybridized carbons (Fsp3) is 0.444. The zero-order chi connectivity index (χ0) is 17.0. The van der Waals surface area contributed by atoms with Gasteiger partial charge in [0.2, 0.25) is 0 Å². The van der Waals surface area contributed by atoms with Crippen molar-refractivity contribution in [1.82, 2.24) is 9.78 Å². The first-order valence-electron chi connectivity index (χ1n) is 7.85. The number of carbonyl (C=O) groups is 1. The van der Waals surface area contributed by atoms with Crippen LogP contribution in [0.1, 0.15) is 42.0 Å². The van der Waals surface area contributed by atoms with Gasteiger partial charge >= 0.3 is 0 Å². The van der Waals surface area contributed by atoms with E-state index in [1.165, 1.54) is 10.2 Å². The van der Waals surface area contributed by atoms with Gasteiger partial charge < -0.3 is 4.74 Å². The van der Waals surface area contributed by atoms with E-state index in [1.807, 2.05) is 13.8 Å². The van der Waals surface area contributed by atoms with Crippen molar-refractivity contribution in [3.05, 3.63) is 46.2 Å². The SMILES string of the molecule is Cc1nn(C(=O)COc2ccc(Cl)cc2)c(C)c1CCC(C)C. The van der Waals surface area contributed by atoms with Gasteiger partial charge in [-0.25, -0.2) is 4.68 Å². The maximum atomic E-state index is 12.4. The molecule has 1 aromatic carbocycles. The van der Waals surface area contributed by atoms with E-state index < -0.39 is 0 Å². The number of rotatable bonds is 6. The molecular formula is C18H23ClN2O2. The Balaban J connectivity index is 2.04. The van der Waals surface area contributed by atoms with Crippen molar-refractivity contribution in [2.45, 2.75) is 40.5 Å². The van der Waals surface area contributed by atoms with Crippen molar-refractivity contribution in [2.24, 2.45) is 5.92 Å². The maximum absolute atomic E-state index is 12.4. The van der Waals surface area contributed by atoms with Gasteiger partial charge in [0.05, 0.1) is 5.69 Å². The van der Waals surface area contributed by atoms with Gasteiger partial charge in [-0.1, -0.05) is 25.4 Å². The van der Waals surface area contributed by atoms with Crippen molar-refractivity contribution in [2.75, 3.05) is 6.61 Å². The third-order valence-electron chi connectivity index (χ3n) is 3.83. The second-order valence-corrected chi connectivity index (χ2v) is 6.57. The van der Waals surface area contributed by atoms with E-state index in [4.69, 9.17) is 16.3 Å². The highest BCUT2D eigenvalue weighted by molar-refractivity contribution is 6.30. The molecule has 0 aliphatic rings. The van der Waals surface area contributed by atoms with Crippen LogP contribution in [0.25, 0.3) is 0 Å². The number of nitrogens with zero attached hydrogens (tertiary/aromatic N) is 2. The van der Waals surface area contributed by atoms with Crippen molar-refractivity contribution in [3.63, 3.8) is 0 Å². The molecule has 0 radical (unpaired) electrons. The molecule has 0 N–H and O–H groups in total. The van der Waals surface area contributed by atoms with Gasteiger partial charge in [0.15, 0.2) is 6.61 Å². The summed E-state index contributed by atoms with van der Waals surface area (Å²) in [5.41, 5.74) is 2.99. The lowest BCUT2D eigenvalue weighted by Gasteiger charge is -2.08. The summed E-state index contributed by atoms with van der Waals surface area (Å²) in [5.74, 6) is 1.07. The summed E-state index contributed by atoms with van der Waals surface area (Å²) >= 11 is 5.83. The number of ether oxygens (including phenoxy) is 1. The molecule has 23 heavy (non-hydrogen) atoms. The summed E-state index contributed by atoms with van der Waals surface area (Å²) in [5, 5.41) is 5.02.